The van der Waals surface area contributed by atoms with Crippen LogP contribution in [0.25, 0.3) is 10.9 Å². The molecule has 0 saturated heterocycles. The summed E-state index contributed by atoms with van der Waals surface area (Å²) in [6, 6.07) is 12.3. The van der Waals surface area contributed by atoms with Crippen molar-refractivity contribution in [3.63, 3.8) is 0 Å². The molecule has 3 rings (SSSR count). The number of hydrogen-bond donors (Lipinski definition) is 3. The summed E-state index contributed by atoms with van der Waals surface area (Å²) in [5.74, 6) is -0.446. The first-order valence-corrected chi connectivity index (χ1v) is 9.76. The fourth-order valence-electron chi connectivity index (χ4n) is 2.55. The summed E-state index contributed by atoms with van der Waals surface area (Å²) in [5, 5.41) is 0.909. The van der Waals surface area contributed by atoms with Gasteiger partial charge >= 0.3 is 0 Å². The van der Waals surface area contributed by atoms with Crippen LogP contribution >= 0.6 is 15.9 Å². The third kappa shape index (κ3) is 3.92. The summed E-state index contributed by atoms with van der Waals surface area (Å²) in [6.45, 7) is 1.69. The molecule has 3 N–H and O–H groups in total. The molecule has 0 saturated carbocycles. The summed E-state index contributed by atoms with van der Waals surface area (Å²) in [7, 11) is -3.81. The van der Waals surface area contributed by atoms with Gasteiger partial charge in [0.1, 0.15) is 0 Å². The number of aromatic amines is 1. The van der Waals surface area contributed by atoms with E-state index in [1.165, 1.54) is 6.07 Å². The molecule has 25 heavy (non-hydrogen) atoms. The van der Waals surface area contributed by atoms with Gasteiger partial charge in [-0.05, 0) is 42.3 Å². The van der Waals surface area contributed by atoms with E-state index in [1.54, 1.807) is 31.3 Å². The molecule has 0 aliphatic rings. The average Bonchev–Trinajstić information content (AvgIpc) is 2.95. The lowest BCUT2D eigenvalue weighted by Gasteiger charge is -2.10. The summed E-state index contributed by atoms with van der Waals surface area (Å²) >= 11 is 3.40. The van der Waals surface area contributed by atoms with Crippen molar-refractivity contribution in [1.82, 2.24) is 15.2 Å². The number of aryl methyl sites for hydroxylation is 1. The second-order valence-corrected chi connectivity index (χ2v) is 8.17. The minimum atomic E-state index is -3.81. The summed E-state index contributed by atoms with van der Waals surface area (Å²) in [6.07, 6.45) is 1.79. The van der Waals surface area contributed by atoms with Gasteiger partial charge in [-0.1, -0.05) is 34.1 Å². The van der Waals surface area contributed by atoms with Crippen LogP contribution in [0.1, 0.15) is 11.1 Å². The molecular formula is C17H16BrN3O3S. The van der Waals surface area contributed by atoms with Crippen molar-refractivity contribution in [2.45, 2.75) is 18.2 Å². The van der Waals surface area contributed by atoms with Crippen molar-refractivity contribution >= 4 is 42.8 Å². The van der Waals surface area contributed by atoms with E-state index in [-0.39, 0.29) is 11.3 Å². The van der Waals surface area contributed by atoms with Gasteiger partial charge < -0.3 is 4.98 Å². The minimum Gasteiger partial charge on any atom is -0.361 e. The zero-order valence-corrected chi connectivity index (χ0v) is 15.7. The highest BCUT2D eigenvalue weighted by Crippen LogP contribution is 2.23. The number of rotatable bonds is 5. The first kappa shape index (κ1) is 17.7. The lowest BCUT2D eigenvalue weighted by atomic mass is 10.1. The molecule has 1 aromatic heterocycles. The number of carbonyl (C=O) groups is 1. The number of halogens is 1. The maximum Gasteiger partial charge on any atom is 0.257 e. The second-order valence-electron chi connectivity index (χ2n) is 5.60. The van der Waals surface area contributed by atoms with E-state index in [9.17, 15) is 13.2 Å². The molecule has 2 aromatic carbocycles. The highest BCUT2D eigenvalue weighted by Gasteiger charge is 2.17. The number of H-pyrrole nitrogens is 1. The van der Waals surface area contributed by atoms with E-state index >= 15 is 0 Å². The Hall–Kier alpha value is -2.16. The number of hydrogen-bond acceptors (Lipinski definition) is 3. The van der Waals surface area contributed by atoms with Crippen LogP contribution in [-0.4, -0.2) is 19.3 Å². The SMILES string of the molecule is Cc1ccccc1S(=O)(=O)NNC(=O)Cc1c[nH]c2ccc(Br)cc12. The largest absolute Gasteiger partial charge is 0.361 e. The number of nitrogens with one attached hydrogen (secondary N) is 3. The molecule has 0 bridgehead atoms. The Kier molecular flexibility index (Phi) is 4.94. The van der Waals surface area contributed by atoms with Crippen molar-refractivity contribution in [2.75, 3.05) is 0 Å². The van der Waals surface area contributed by atoms with Crippen LogP contribution in [0.5, 0.6) is 0 Å². The number of carbonyl (C=O) groups excluding carboxylic acids is 1. The van der Waals surface area contributed by atoms with Gasteiger partial charge in [-0.15, -0.1) is 4.83 Å². The molecule has 3 aromatic rings. The Morgan fingerprint density at radius 1 is 1.20 bits per heavy atom. The number of hydrazine groups is 1. The predicted molar refractivity (Wildman–Crippen MR) is 99.3 cm³/mol. The van der Waals surface area contributed by atoms with Gasteiger partial charge in [0.2, 0.25) is 5.91 Å². The van der Waals surface area contributed by atoms with E-state index in [2.05, 4.69) is 31.2 Å². The van der Waals surface area contributed by atoms with Crippen molar-refractivity contribution in [2.24, 2.45) is 0 Å². The van der Waals surface area contributed by atoms with Crippen LogP contribution in [0, 0.1) is 6.92 Å². The number of amides is 1. The normalized spacial score (nSPS) is 11.6. The molecule has 0 radical (unpaired) electrons. The fourth-order valence-corrected chi connectivity index (χ4v) is 4.02. The van der Waals surface area contributed by atoms with Gasteiger partial charge in [0.05, 0.1) is 11.3 Å². The van der Waals surface area contributed by atoms with E-state index < -0.39 is 15.9 Å². The first-order chi connectivity index (χ1) is 11.9. The number of fused-ring (bicyclic) bond motifs is 1. The molecule has 1 heterocycles. The maximum absolute atomic E-state index is 12.3. The highest BCUT2D eigenvalue weighted by molar-refractivity contribution is 9.10. The Labute approximate surface area is 153 Å². The molecule has 6 nitrogen and oxygen atoms in total. The van der Waals surface area contributed by atoms with Crippen molar-refractivity contribution in [3.8, 4) is 0 Å². The Bertz CT molecular complexity index is 1040. The van der Waals surface area contributed by atoms with Crippen molar-refractivity contribution in [3.05, 3.63) is 64.3 Å². The van der Waals surface area contributed by atoms with Crippen LogP contribution in [0.15, 0.2) is 58.0 Å². The van der Waals surface area contributed by atoms with Gasteiger partial charge in [-0.3, -0.25) is 10.2 Å². The molecule has 0 aliphatic carbocycles. The zero-order valence-electron chi connectivity index (χ0n) is 13.3. The second kappa shape index (κ2) is 6.99. The monoisotopic (exact) mass is 421 g/mol. The quantitative estimate of drug-likeness (QED) is 0.553. The van der Waals surface area contributed by atoms with Crippen molar-refractivity contribution in [1.29, 1.82) is 0 Å². The first-order valence-electron chi connectivity index (χ1n) is 7.48. The van der Waals surface area contributed by atoms with Crippen LogP contribution in [0.2, 0.25) is 0 Å². The fraction of sp³-hybridized carbons (Fsp3) is 0.118. The van der Waals surface area contributed by atoms with Crippen LogP contribution in [-0.2, 0) is 21.2 Å². The van der Waals surface area contributed by atoms with E-state index in [0.717, 1.165) is 20.9 Å². The molecule has 0 aliphatic heterocycles. The third-order valence-electron chi connectivity index (χ3n) is 3.79. The topological polar surface area (TPSA) is 91.1 Å². The van der Waals surface area contributed by atoms with Gasteiger partial charge in [0, 0.05) is 21.6 Å². The molecule has 0 atom stereocenters. The highest BCUT2D eigenvalue weighted by atomic mass is 79.9. The van der Waals surface area contributed by atoms with Crippen molar-refractivity contribution < 1.29 is 13.2 Å². The van der Waals surface area contributed by atoms with Gasteiger partial charge in [-0.25, -0.2) is 8.42 Å². The van der Waals surface area contributed by atoms with Crippen LogP contribution < -0.4 is 10.3 Å². The average molecular weight is 422 g/mol. The molecule has 8 heteroatoms. The maximum atomic E-state index is 12.3. The molecule has 0 unspecified atom stereocenters. The molecule has 1 amide bonds. The van der Waals surface area contributed by atoms with Gasteiger partial charge in [-0.2, -0.15) is 0 Å². The smallest absolute Gasteiger partial charge is 0.257 e. The molecule has 130 valence electrons. The standard InChI is InChI=1S/C17H16BrN3O3S/c1-11-4-2-3-5-16(11)25(23,24)21-20-17(22)8-12-10-19-15-7-6-13(18)9-14(12)15/h2-7,9-10,19,21H,8H2,1H3,(H,20,22). The lowest BCUT2D eigenvalue weighted by molar-refractivity contribution is -0.120. The summed E-state index contributed by atoms with van der Waals surface area (Å²) < 4.78 is 25.5. The lowest BCUT2D eigenvalue weighted by Crippen LogP contribution is -2.42. The minimum absolute atomic E-state index is 0.0484. The van der Waals surface area contributed by atoms with E-state index in [4.69, 9.17) is 0 Å². The Morgan fingerprint density at radius 3 is 2.72 bits per heavy atom. The number of benzene rings is 2. The number of aromatic nitrogens is 1. The number of sulfonamides is 1. The Morgan fingerprint density at radius 2 is 1.96 bits per heavy atom. The van der Waals surface area contributed by atoms with Crippen LogP contribution in [0.4, 0.5) is 0 Å². The summed E-state index contributed by atoms with van der Waals surface area (Å²) in [4.78, 5) is 17.5. The van der Waals surface area contributed by atoms with Gasteiger partial charge in [0.25, 0.3) is 10.0 Å². The van der Waals surface area contributed by atoms with E-state index in [1.807, 2.05) is 18.2 Å². The Balaban J connectivity index is 1.70. The van der Waals surface area contributed by atoms with Gasteiger partial charge in [0.15, 0.2) is 0 Å². The third-order valence-corrected chi connectivity index (χ3v) is 5.69. The van der Waals surface area contributed by atoms with E-state index in [0.29, 0.717) is 5.56 Å². The predicted octanol–water partition coefficient (Wildman–Crippen LogP) is 2.79. The molecule has 0 spiro atoms. The zero-order chi connectivity index (χ0) is 18.0. The van der Waals surface area contributed by atoms with Crippen LogP contribution in [0.3, 0.4) is 0 Å². The summed E-state index contributed by atoms with van der Waals surface area (Å²) in [5.41, 5.74) is 4.56. The molecular weight excluding hydrogens is 406 g/mol. The molecule has 0 fully saturated rings.